The summed E-state index contributed by atoms with van der Waals surface area (Å²) in [4.78, 5) is 11.1. The monoisotopic (exact) mass is 263 g/mol. The highest BCUT2D eigenvalue weighted by atomic mass is 79.9. The SMILES string of the molecule is Cc1ccc(C(=O)CN)cc1Br.Cl. The van der Waals surface area contributed by atoms with E-state index in [0.717, 1.165) is 10.0 Å². The number of Topliss-reactive ketones (excluding diaryl/α,β-unsaturated/α-hetero) is 1. The van der Waals surface area contributed by atoms with Crippen LogP contribution in [-0.4, -0.2) is 12.3 Å². The second-order valence-electron chi connectivity index (χ2n) is 2.59. The molecule has 0 saturated carbocycles. The number of benzene rings is 1. The Balaban J connectivity index is 0.00000144. The van der Waals surface area contributed by atoms with E-state index >= 15 is 0 Å². The number of carbonyl (C=O) groups is 1. The predicted molar refractivity (Wildman–Crippen MR) is 59.5 cm³/mol. The number of ketones is 1. The standard InChI is InChI=1S/C9H10BrNO.ClH/c1-6-2-3-7(4-8(6)10)9(12)5-11;/h2-4H,5,11H2,1H3;1H. The fourth-order valence-electron chi connectivity index (χ4n) is 0.884. The van der Waals surface area contributed by atoms with Crippen molar-refractivity contribution in [3.05, 3.63) is 33.8 Å². The van der Waals surface area contributed by atoms with E-state index in [1.54, 1.807) is 12.1 Å². The minimum absolute atomic E-state index is 0. The van der Waals surface area contributed by atoms with Gasteiger partial charge in [0.2, 0.25) is 0 Å². The fourth-order valence-corrected chi connectivity index (χ4v) is 1.26. The summed E-state index contributed by atoms with van der Waals surface area (Å²) in [5, 5.41) is 0. The second kappa shape index (κ2) is 5.37. The first kappa shape index (κ1) is 12.6. The van der Waals surface area contributed by atoms with Crippen LogP contribution in [0, 0.1) is 6.92 Å². The van der Waals surface area contributed by atoms with Crippen LogP contribution < -0.4 is 5.73 Å². The van der Waals surface area contributed by atoms with Gasteiger partial charge in [-0.2, -0.15) is 0 Å². The van der Waals surface area contributed by atoms with Crippen molar-refractivity contribution < 1.29 is 4.79 Å². The summed E-state index contributed by atoms with van der Waals surface area (Å²) in [7, 11) is 0. The van der Waals surface area contributed by atoms with E-state index in [1.165, 1.54) is 0 Å². The number of hydrogen-bond donors (Lipinski definition) is 1. The van der Waals surface area contributed by atoms with Gasteiger partial charge in [0.25, 0.3) is 0 Å². The molecule has 13 heavy (non-hydrogen) atoms. The van der Waals surface area contributed by atoms with Gasteiger partial charge in [0, 0.05) is 10.0 Å². The van der Waals surface area contributed by atoms with Gasteiger partial charge in [-0.25, -0.2) is 0 Å². The van der Waals surface area contributed by atoms with Crippen molar-refractivity contribution in [1.82, 2.24) is 0 Å². The van der Waals surface area contributed by atoms with Crippen LogP contribution in [0.4, 0.5) is 0 Å². The molecular formula is C9H11BrClNO. The van der Waals surface area contributed by atoms with Gasteiger partial charge in [0.15, 0.2) is 5.78 Å². The Morgan fingerprint density at radius 1 is 1.54 bits per heavy atom. The van der Waals surface area contributed by atoms with Gasteiger partial charge in [-0.15, -0.1) is 12.4 Å². The Morgan fingerprint density at radius 3 is 2.62 bits per heavy atom. The zero-order chi connectivity index (χ0) is 9.14. The van der Waals surface area contributed by atoms with Crippen molar-refractivity contribution in [3.8, 4) is 0 Å². The first-order valence-electron chi connectivity index (χ1n) is 3.64. The van der Waals surface area contributed by atoms with Crippen LogP contribution in [0.25, 0.3) is 0 Å². The van der Waals surface area contributed by atoms with Gasteiger partial charge in [-0.05, 0) is 18.6 Å². The molecule has 0 aromatic heterocycles. The third kappa shape index (κ3) is 3.10. The molecule has 2 nitrogen and oxygen atoms in total. The Bertz CT molecular complexity index is 314. The zero-order valence-corrected chi connectivity index (χ0v) is 9.61. The lowest BCUT2D eigenvalue weighted by Crippen LogP contribution is -2.13. The average molecular weight is 265 g/mol. The quantitative estimate of drug-likeness (QED) is 0.833. The summed E-state index contributed by atoms with van der Waals surface area (Å²) in [6, 6.07) is 5.48. The van der Waals surface area contributed by atoms with Crippen molar-refractivity contribution in [2.75, 3.05) is 6.54 Å². The van der Waals surface area contributed by atoms with Crippen LogP contribution >= 0.6 is 28.3 Å². The lowest BCUT2D eigenvalue weighted by Gasteiger charge is -2.00. The Kier molecular flexibility index (Phi) is 5.21. The predicted octanol–water partition coefficient (Wildman–Crippen LogP) is 2.32. The second-order valence-corrected chi connectivity index (χ2v) is 3.45. The Hall–Kier alpha value is -0.380. The van der Waals surface area contributed by atoms with Gasteiger partial charge < -0.3 is 5.73 Å². The summed E-state index contributed by atoms with van der Waals surface area (Å²) in [5.41, 5.74) is 7.00. The molecule has 72 valence electrons. The molecule has 0 radical (unpaired) electrons. The normalized spacial score (nSPS) is 9.15. The number of nitrogens with two attached hydrogens (primary N) is 1. The molecule has 0 unspecified atom stereocenters. The molecular weight excluding hydrogens is 253 g/mol. The highest BCUT2D eigenvalue weighted by molar-refractivity contribution is 9.10. The molecule has 0 spiro atoms. The molecule has 0 atom stereocenters. The van der Waals surface area contributed by atoms with Crippen molar-refractivity contribution in [2.45, 2.75) is 6.92 Å². The molecule has 0 bridgehead atoms. The van der Waals surface area contributed by atoms with Crippen molar-refractivity contribution >= 4 is 34.1 Å². The minimum atomic E-state index is -0.0318. The van der Waals surface area contributed by atoms with E-state index < -0.39 is 0 Å². The fraction of sp³-hybridized carbons (Fsp3) is 0.222. The number of aryl methyl sites for hydroxylation is 1. The molecule has 4 heteroatoms. The topological polar surface area (TPSA) is 43.1 Å². The minimum Gasteiger partial charge on any atom is -0.324 e. The van der Waals surface area contributed by atoms with E-state index in [4.69, 9.17) is 5.73 Å². The van der Waals surface area contributed by atoms with Gasteiger partial charge in [0.1, 0.15) is 0 Å². The highest BCUT2D eigenvalue weighted by Crippen LogP contribution is 2.17. The number of hydrogen-bond acceptors (Lipinski definition) is 2. The summed E-state index contributed by atoms with van der Waals surface area (Å²) in [5.74, 6) is -0.0318. The summed E-state index contributed by atoms with van der Waals surface area (Å²) in [6.45, 7) is 2.04. The Labute approximate surface area is 92.0 Å². The van der Waals surface area contributed by atoms with Crippen LogP contribution in [0.1, 0.15) is 15.9 Å². The third-order valence-corrected chi connectivity index (χ3v) is 2.53. The molecule has 0 aliphatic rings. The van der Waals surface area contributed by atoms with Gasteiger partial charge in [-0.1, -0.05) is 28.1 Å². The summed E-state index contributed by atoms with van der Waals surface area (Å²) < 4.78 is 0.946. The van der Waals surface area contributed by atoms with Crippen LogP contribution in [0.15, 0.2) is 22.7 Å². The van der Waals surface area contributed by atoms with Crippen LogP contribution in [0.2, 0.25) is 0 Å². The van der Waals surface area contributed by atoms with Crippen LogP contribution in [0.5, 0.6) is 0 Å². The molecule has 0 aliphatic heterocycles. The molecule has 1 rings (SSSR count). The average Bonchev–Trinajstić information content (AvgIpc) is 2.08. The lowest BCUT2D eigenvalue weighted by molar-refractivity contribution is 0.100. The van der Waals surface area contributed by atoms with Gasteiger partial charge in [-0.3, -0.25) is 4.79 Å². The maximum Gasteiger partial charge on any atom is 0.176 e. The van der Waals surface area contributed by atoms with E-state index in [1.807, 2.05) is 13.0 Å². The first-order chi connectivity index (χ1) is 5.65. The molecule has 0 heterocycles. The summed E-state index contributed by atoms with van der Waals surface area (Å²) in [6.07, 6.45) is 0. The number of carbonyl (C=O) groups excluding carboxylic acids is 1. The molecule has 0 amide bonds. The van der Waals surface area contributed by atoms with Crippen molar-refractivity contribution in [2.24, 2.45) is 5.73 Å². The third-order valence-electron chi connectivity index (χ3n) is 1.68. The molecule has 1 aromatic carbocycles. The molecule has 1 aromatic rings. The van der Waals surface area contributed by atoms with E-state index in [2.05, 4.69) is 15.9 Å². The molecule has 0 fully saturated rings. The van der Waals surface area contributed by atoms with Crippen molar-refractivity contribution in [1.29, 1.82) is 0 Å². The largest absolute Gasteiger partial charge is 0.324 e. The molecule has 2 N–H and O–H groups in total. The van der Waals surface area contributed by atoms with Crippen molar-refractivity contribution in [3.63, 3.8) is 0 Å². The number of halogens is 2. The highest BCUT2D eigenvalue weighted by Gasteiger charge is 2.03. The maximum absolute atomic E-state index is 11.1. The summed E-state index contributed by atoms with van der Waals surface area (Å²) >= 11 is 3.35. The Morgan fingerprint density at radius 2 is 2.15 bits per heavy atom. The maximum atomic E-state index is 11.1. The zero-order valence-electron chi connectivity index (χ0n) is 7.21. The first-order valence-corrected chi connectivity index (χ1v) is 4.44. The van der Waals surface area contributed by atoms with Crippen LogP contribution in [-0.2, 0) is 0 Å². The van der Waals surface area contributed by atoms with Gasteiger partial charge in [0.05, 0.1) is 6.54 Å². The van der Waals surface area contributed by atoms with E-state index in [9.17, 15) is 4.79 Å². The van der Waals surface area contributed by atoms with Gasteiger partial charge >= 0.3 is 0 Å². The van der Waals surface area contributed by atoms with E-state index in [-0.39, 0.29) is 24.7 Å². The smallest absolute Gasteiger partial charge is 0.176 e. The lowest BCUT2D eigenvalue weighted by atomic mass is 10.1. The molecule has 0 saturated heterocycles. The molecule has 0 aliphatic carbocycles. The van der Waals surface area contributed by atoms with Crippen LogP contribution in [0.3, 0.4) is 0 Å². The van der Waals surface area contributed by atoms with E-state index in [0.29, 0.717) is 5.56 Å². The number of rotatable bonds is 2.